The van der Waals surface area contributed by atoms with Crippen LogP contribution in [0.5, 0.6) is 11.5 Å². The maximum Gasteiger partial charge on any atom is 0.269 e. The van der Waals surface area contributed by atoms with Crippen LogP contribution in [0.15, 0.2) is 59.0 Å². The van der Waals surface area contributed by atoms with E-state index in [1.807, 2.05) is 23.1 Å². The van der Waals surface area contributed by atoms with Crippen LogP contribution in [0.3, 0.4) is 0 Å². The Kier molecular flexibility index (Phi) is 10.00. The van der Waals surface area contributed by atoms with Crippen molar-refractivity contribution < 1.29 is 19.2 Å². The summed E-state index contributed by atoms with van der Waals surface area (Å²) >= 11 is 1.50. The summed E-state index contributed by atoms with van der Waals surface area (Å²) in [4.78, 5) is 32.4. The first kappa shape index (κ1) is 29.9. The van der Waals surface area contributed by atoms with Gasteiger partial charge in [-0.05, 0) is 73.2 Å². The van der Waals surface area contributed by atoms with Crippen molar-refractivity contribution >= 4 is 34.6 Å². The number of hydrogen-bond donors (Lipinski definition) is 0. The van der Waals surface area contributed by atoms with Gasteiger partial charge in [0.15, 0.2) is 16.7 Å². The molecular formula is C33H39N3O5S. The molecule has 2 aromatic carbocycles. The molecule has 42 heavy (non-hydrogen) atoms. The number of nitrogens with zero attached hydrogens (tertiary/aromatic N) is 3. The van der Waals surface area contributed by atoms with E-state index in [9.17, 15) is 14.9 Å². The lowest BCUT2D eigenvalue weighted by Crippen LogP contribution is -2.41. The molecule has 0 aromatic heterocycles. The number of amidine groups is 1. The average molecular weight is 590 g/mol. The Balaban J connectivity index is 1.43. The maximum absolute atomic E-state index is 13.9. The van der Waals surface area contributed by atoms with Gasteiger partial charge in [-0.3, -0.25) is 24.8 Å². The Hall–Kier alpha value is -3.59. The first-order valence-electron chi connectivity index (χ1n) is 15.0. The Morgan fingerprint density at radius 2 is 1.83 bits per heavy atom. The summed E-state index contributed by atoms with van der Waals surface area (Å²) < 4.78 is 11.9. The standard InChI is InChI=1S/C33H39N3O5S/c1-3-11-25-18-24(20-29(40-2)31(25)41-22-23-12-10-17-28(19-23)36(38)39)21-30-32(37)35(27-15-8-5-9-16-27)33(42-30)34-26-13-6-4-7-14-26/h3,10,12,17-21,26-27H,1,4-9,11,13-16,22H2,2H3. The topological polar surface area (TPSA) is 94.3 Å². The highest BCUT2D eigenvalue weighted by Gasteiger charge is 2.39. The zero-order valence-electron chi connectivity index (χ0n) is 24.3. The fraction of sp³-hybridized carbons (Fsp3) is 0.455. The minimum absolute atomic E-state index is 0.0174. The van der Waals surface area contributed by atoms with E-state index in [0.717, 1.165) is 54.8 Å². The molecule has 0 N–H and O–H groups in total. The van der Waals surface area contributed by atoms with E-state index in [0.29, 0.717) is 34.4 Å². The van der Waals surface area contributed by atoms with Crippen LogP contribution in [0, 0.1) is 10.1 Å². The molecule has 0 spiro atoms. The fourth-order valence-corrected chi connectivity index (χ4v) is 7.17. The molecule has 1 aliphatic heterocycles. The van der Waals surface area contributed by atoms with Crippen LogP contribution < -0.4 is 9.47 Å². The molecule has 2 saturated carbocycles. The number of hydrogen-bond acceptors (Lipinski definition) is 7. The smallest absolute Gasteiger partial charge is 0.269 e. The Labute approximate surface area is 252 Å². The SMILES string of the molecule is C=CCc1cc(C=C2SC(=NC3CCCCC3)N(C3CCCCC3)C2=O)cc(OC)c1OCc1cccc([N+](=O)[O-])c1. The molecule has 0 atom stereocenters. The number of benzene rings is 2. The molecule has 5 rings (SSSR count). The van der Waals surface area contributed by atoms with E-state index in [-0.39, 0.29) is 24.2 Å². The third-order valence-corrected chi connectivity index (χ3v) is 9.18. The summed E-state index contributed by atoms with van der Waals surface area (Å²) in [5.41, 5.74) is 2.40. The summed E-state index contributed by atoms with van der Waals surface area (Å²) in [6, 6.07) is 10.8. The predicted octanol–water partition coefficient (Wildman–Crippen LogP) is 7.85. The number of amides is 1. The van der Waals surface area contributed by atoms with Gasteiger partial charge in [0.1, 0.15) is 6.61 Å². The zero-order valence-corrected chi connectivity index (χ0v) is 25.1. The van der Waals surface area contributed by atoms with E-state index in [1.165, 1.54) is 49.6 Å². The Bertz CT molecular complexity index is 1380. The van der Waals surface area contributed by atoms with Gasteiger partial charge in [0.2, 0.25) is 0 Å². The van der Waals surface area contributed by atoms with Crippen LogP contribution in [0.25, 0.3) is 6.08 Å². The molecule has 0 unspecified atom stereocenters. The molecule has 222 valence electrons. The van der Waals surface area contributed by atoms with Crippen molar-refractivity contribution in [1.29, 1.82) is 0 Å². The number of rotatable bonds is 10. The molecule has 3 aliphatic rings. The van der Waals surface area contributed by atoms with Crippen LogP contribution in [0.1, 0.15) is 80.9 Å². The van der Waals surface area contributed by atoms with Crippen molar-refractivity contribution in [2.24, 2.45) is 4.99 Å². The Morgan fingerprint density at radius 1 is 1.10 bits per heavy atom. The fourth-order valence-electron chi connectivity index (χ4n) is 6.06. The van der Waals surface area contributed by atoms with Gasteiger partial charge in [-0.25, -0.2) is 0 Å². The summed E-state index contributed by atoms with van der Waals surface area (Å²) in [5, 5.41) is 12.1. The highest BCUT2D eigenvalue weighted by Crippen LogP contribution is 2.40. The number of aliphatic imine (C=N–C) groups is 1. The molecule has 1 heterocycles. The molecule has 9 heteroatoms. The largest absolute Gasteiger partial charge is 0.493 e. The van der Waals surface area contributed by atoms with Gasteiger partial charge < -0.3 is 9.47 Å². The number of thioether (sulfide) groups is 1. The highest BCUT2D eigenvalue weighted by molar-refractivity contribution is 8.18. The molecule has 1 saturated heterocycles. The van der Waals surface area contributed by atoms with Gasteiger partial charge in [0, 0.05) is 23.7 Å². The van der Waals surface area contributed by atoms with Gasteiger partial charge in [-0.1, -0.05) is 56.7 Å². The molecular weight excluding hydrogens is 550 g/mol. The number of carbonyl (C=O) groups is 1. The molecule has 8 nitrogen and oxygen atoms in total. The van der Waals surface area contributed by atoms with Crippen molar-refractivity contribution in [2.45, 2.75) is 89.3 Å². The quantitative estimate of drug-likeness (QED) is 0.121. The molecule has 2 aliphatic carbocycles. The van der Waals surface area contributed by atoms with E-state index in [2.05, 4.69) is 6.58 Å². The maximum atomic E-state index is 13.9. The molecule has 0 radical (unpaired) electrons. The monoisotopic (exact) mass is 589 g/mol. The van der Waals surface area contributed by atoms with Crippen LogP contribution in [0.4, 0.5) is 5.69 Å². The zero-order chi connectivity index (χ0) is 29.5. The lowest BCUT2D eigenvalue weighted by atomic mass is 9.94. The van der Waals surface area contributed by atoms with Crippen LogP contribution in [0.2, 0.25) is 0 Å². The third kappa shape index (κ3) is 7.06. The normalized spacial score (nSPS) is 20.3. The van der Waals surface area contributed by atoms with Gasteiger partial charge in [-0.2, -0.15) is 0 Å². The lowest BCUT2D eigenvalue weighted by molar-refractivity contribution is -0.384. The van der Waals surface area contributed by atoms with E-state index >= 15 is 0 Å². The molecule has 1 amide bonds. The van der Waals surface area contributed by atoms with Crippen molar-refractivity contribution in [2.75, 3.05) is 7.11 Å². The number of allylic oxidation sites excluding steroid dienone is 1. The Morgan fingerprint density at radius 3 is 2.52 bits per heavy atom. The number of carbonyl (C=O) groups excluding carboxylic acids is 1. The molecule has 0 bridgehead atoms. The van der Waals surface area contributed by atoms with E-state index in [1.54, 1.807) is 25.3 Å². The highest BCUT2D eigenvalue weighted by atomic mass is 32.2. The van der Waals surface area contributed by atoms with Gasteiger partial charge in [0.05, 0.1) is 23.0 Å². The second kappa shape index (κ2) is 14.1. The van der Waals surface area contributed by atoms with Crippen molar-refractivity contribution in [1.82, 2.24) is 4.90 Å². The second-order valence-corrected chi connectivity index (χ2v) is 12.2. The van der Waals surface area contributed by atoms with Gasteiger partial charge >= 0.3 is 0 Å². The van der Waals surface area contributed by atoms with E-state index < -0.39 is 4.92 Å². The van der Waals surface area contributed by atoms with Gasteiger partial charge in [-0.15, -0.1) is 6.58 Å². The predicted molar refractivity (Wildman–Crippen MR) is 168 cm³/mol. The first-order chi connectivity index (χ1) is 20.5. The minimum Gasteiger partial charge on any atom is -0.493 e. The number of ether oxygens (including phenoxy) is 2. The van der Waals surface area contributed by atoms with Gasteiger partial charge in [0.25, 0.3) is 11.6 Å². The average Bonchev–Trinajstić information content (AvgIpc) is 3.31. The minimum atomic E-state index is -0.418. The number of nitro benzene ring substituents is 1. The van der Waals surface area contributed by atoms with Crippen molar-refractivity contribution in [3.8, 4) is 11.5 Å². The summed E-state index contributed by atoms with van der Waals surface area (Å²) in [6.45, 7) is 4.05. The van der Waals surface area contributed by atoms with Crippen LogP contribution in [-0.2, 0) is 17.8 Å². The van der Waals surface area contributed by atoms with Crippen molar-refractivity contribution in [3.63, 3.8) is 0 Å². The third-order valence-electron chi connectivity index (χ3n) is 8.19. The second-order valence-electron chi connectivity index (χ2n) is 11.2. The summed E-state index contributed by atoms with van der Waals surface area (Å²) in [7, 11) is 1.58. The first-order valence-corrected chi connectivity index (χ1v) is 15.8. The summed E-state index contributed by atoms with van der Waals surface area (Å²) in [6.07, 6.45) is 15.7. The van der Waals surface area contributed by atoms with E-state index in [4.69, 9.17) is 14.5 Å². The van der Waals surface area contributed by atoms with Crippen LogP contribution in [-0.4, -0.2) is 40.1 Å². The van der Waals surface area contributed by atoms with Crippen molar-refractivity contribution in [3.05, 3.63) is 80.8 Å². The number of non-ortho nitro benzene ring substituents is 1. The molecule has 2 aromatic rings. The number of methoxy groups -OCH3 is 1. The summed E-state index contributed by atoms with van der Waals surface area (Å²) in [5.74, 6) is 1.12. The molecule has 3 fully saturated rings. The van der Waals surface area contributed by atoms with Crippen LogP contribution >= 0.6 is 11.8 Å². The number of nitro groups is 1. The lowest BCUT2D eigenvalue weighted by Gasteiger charge is -2.31.